The molecule has 6 heteroatoms. The number of rotatable bonds is 3. The van der Waals surface area contributed by atoms with Crippen molar-refractivity contribution in [1.29, 1.82) is 0 Å². The van der Waals surface area contributed by atoms with Crippen molar-refractivity contribution in [2.24, 2.45) is 0 Å². The highest BCUT2D eigenvalue weighted by atomic mass is 19.1. The van der Waals surface area contributed by atoms with E-state index in [1.165, 1.54) is 28.9 Å². The van der Waals surface area contributed by atoms with Crippen molar-refractivity contribution in [3.63, 3.8) is 0 Å². The van der Waals surface area contributed by atoms with Crippen LogP contribution >= 0.6 is 0 Å². The molecular formula is C15H11FN4O. The Labute approximate surface area is 120 Å². The molecule has 5 nitrogen and oxygen atoms in total. The smallest absolute Gasteiger partial charge is 0.259 e. The van der Waals surface area contributed by atoms with Gasteiger partial charge in [0, 0.05) is 24.3 Å². The van der Waals surface area contributed by atoms with Gasteiger partial charge in [0.2, 0.25) is 0 Å². The zero-order valence-electron chi connectivity index (χ0n) is 10.9. The molecular weight excluding hydrogens is 271 g/mol. The van der Waals surface area contributed by atoms with E-state index in [0.717, 1.165) is 0 Å². The van der Waals surface area contributed by atoms with Crippen LogP contribution < -0.4 is 5.32 Å². The normalized spacial score (nSPS) is 10.3. The SMILES string of the molecule is O=C(Nc1ccc(F)cc1)c1cccnc1-n1cccn1. The van der Waals surface area contributed by atoms with Gasteiger partial charge in [-0.3, -0.25) is 4.79 Å². The zero-order chi connectivity index (χ0) is 14.7. The second-order valence-corrected chi connectivity index (χ2v) is 4.29. The lowest BCUT2D eigenvalue weighted by atomic mass is 10.2. The van der Waals surface area contributed by atoms with Gasteiger partial charge in [-0.1, -0.05) is 0 Å². The average Bonchev–Trinajstić information content (AvgIpc) is 3.04. The van der Waals surface area contributed by atoms with E-state index < -0.39 is 0 Å². The summed E-state index contributed by atoms with van der Waals surface area (Å²) in [5.41, 5.74) is 0.891. The molecule has 0 bridgehead atoms. The lowest BCUT2D eigenvalue weighted by Crippen LogP contribution is -2.16. The summed E-state index contributed by atoms with van der Waals surface area (Å²) in [6.07, 6.45) is 4.90. The molecule has 0 spiro atoms. The molecule has 3 rings (SSSR count). The van der Waals surface area contributed by atoms with Gasteiger partial charge in [-0.25, -0.2) is 14.1 Å². The van der Waals surface area contributed by atoms with E-state index in [0.29, 0.717) is 17.1 Å². The van der Waals surface area contributed by atoms with Crippen LogP contribution in [0.25, 0.3) is 5.82 Å². The first-order chi connectivity index (χ1) is 10.2. The Morgan fingerprint density at radius 2 is 1.90 bits per heavy atom. The molecule has 2 aromatic heterocycles. The van der Waals surface area contributed by atoms with Crippen molar-refractivity contribution in [1.82, 2.24) is 14.8 Å². The maximum absolute atomic E-state index is 12.9. The van der Waals surface area contributed by atoms with Gasteiger partial charge in [0.25, 0.3) is 5.91 Å². The fourth-order valence-corrected chi connectivity index (χ4v) is 1.88. The first-order valence-corrected chi connectivity index (χ1v) is 6.26. The maximum atomic E-state index is 12.9. The highest BCUT2D eigenvalue weighted by molar-refractivity contribution is 6.06. The molecule has 0 unspecified atom stereocenters. The Kier molecular flexibility index (Phi) is 3.42. The summed E-state index contributed by atoms with van der Waals surface area (Å²) in [6, 6.07) is 10.6. The summed E-state index contributed by atoms with van der Waals surface area (Å²) < 4.78 is 14.4. The van der Waals surface area contributed by atoms with E-state index in [2.05, 4.69) is 15.4 Å². The first kappa shape index (κ1) is 13.0. The van der Waals surface area contributed by atoms with Crippen LogP contribution in [0.1, 0.15) is 10.4 Å². The number of carbonyl (C=O) groups is 1. The monoisotopic (exact) mass is 282 g/mol. The highest BCUT2D eigenvalue weighted by Gasteiger charge is 2.14. The van der Waals surface area contributed by atoms with Crippen molar-refractivity contribution in [3.8, 4) is 5.82 Å². The van der Waals surface area contributed by atoms with E-state index in [1.54, 1.807) is 36.8 Å². The van der Waals surface area contributed by atoms with Crippen LogP contribution in [0.15, 0.2) is 61.1 Å². The minimum Gasteiger partial charge on any atom is -0.322 e. The van der Waals surface area contributed by atoms with Crippen LogP contribution in [0.4, 0.5) is 10.1 Å². The standard InChI is InChI=1S/C15H11FN4O/c16-11-4-6-12(7-5-11)19-15(21)13-3-1-8-17-14(13)20-10-2-9-18-20/h1-10H,(H,19,21). The Bertz CT molecular complexity index is 754. The molecule has 0 radical (unpaired) electrons. The highest BCUT2D eigenvalue weighted by Crippen LogP contribution is 2.14. The summed E-state index contributed by atoms with van der Waals surface area (Å²) in [5.74, 6) is -0.256. The fraction of sp³-hybridized carbons (Fsp3) is 0. The number of nitrogens with one attached hydrogen (secondary N) is 1. The van der Waals surface area contributed by atoms with Gasteiger partial charge in [-0.05, 0) is 42.5 Å². The molecule has 3 aromatic rings. The topological polar surface area (TPSA) is 59.8 Å². The van der Waals surface area contributed by atoms with E-state index in [9.17, 15) is 9.18 Å². The molecule has 0 aliphatic heterocycles. The van der Waals surface area contributed by atoms with Gasteiger partial charge in [0.05, 0.1) is 5.56 Å². The van der Waals surface area contributed by atoms with Gasteiger partial charge in [-0.2, -0.15) is 5.10 Å². The third-order valence-corrected chi connectivity index (χ3v) is 2.85. The number of hydrogen-bond donors (Lipinski definition) is 1. The zero-order valence-corrected chi connectivity index (χ0v) is 10.9. The van der Waals surface area contributed by atoms with Crippen molar-refractivity contribution in [2.75, 3.05) is 5.32 Å². The molecule has 1 amide bonds. The number of halogens is 1. The summed E-state index contributed by atoms with van der Waals surface area (Å²) in [4.78, 5) is 16.5. The molecule has 104 valence electrons. The summed E-state index contributed by atoms with van der Waals surface area (Å²) >= 11 is 0. The summed E-state index contributed by atoms with van der Waals surface area (Å²) in [6.45, 7) is 0. The van der Waals surface area contributed by atoms with Crippen LogP contribution in [-0.4, -0.2) is 20.7 Å². The minimum atomic E-state index is -0.355. The van der Waals surface area contributed by atoms with E-state index >= 15 is 0 Å². The molecule has 0 saturated carbocycles. The maximum Gasteiger partial charge on any atom is 0.259 e. The molecule has 0 aliphatic carbocycles. The third kappa shape index (κ3) is 2.79. The van der Waals surface area contributed by atoms with E-state index in [1.807, 2.05) is 0 Å². The Balaban J connectivity index is 1.90. The Morgan fingerprint density at radius 1 is 1.10 bits per heavy atom. The van der Waals surface area contributed by atoms with Gasteiger partial charge in [0.15, 0.2) is 5.82 Å². The molecule has 1 N–H and O–H groups in total. The molecule has 0 fully saturated rings. The quantitative estimate of drug-likeness (QED) is 0.803. The lowest BCUT2D eigenvalue weighted by molar-refractivity contribution is 0.102. The number of anilines is 1. The number of hydrogen-bond acceptors (Lipinski definition) is 3. The third-order valence-electron chi connectivity index (χ3n) is 2.85. The largest absolute Gasteiger partial charge is 0.322 e. The molecule has 21 heavy (non-hydrogen) atoms. The number of aromatic nitrogens is 3. The van der Waals surface area contributed by atoms with Gasteiger partial charge in [0.1, 0.15) is 5.82 Å². The number of nitrogens with zero attached hydrogens (tertiary/aromatic N) is 3. The fourth-order valence-electron chi connectivity index (χ4n) is 1.88. The van der Waals surface area contributed by atoms with Crippen molar-refractivity contribution in [3.05, 3.63) is 72.4 Å². The van der Waals surface area contributed by atoms with E-state index in [4.69, 9.17) is 0 Å². The summed E-state index contributed by atoms with van der Waals surface area (Å²) in [5, 5.41) is 6.77. The number of pyridine rings is 1. The summed E-state index contributed by atoms with van der Waals surface area (Å²) in [7, 11) is 0. The second kappa shape index (κ2) is 5.54. The number of carbonyl (C=O) groups excluding carboxylic acids is 1. The van der Waals surface area contributed by atoms with Crippen LogP contribution in [-0.2, 0) is 0 Å². The van der Waals surface area contributed by atoms with Crippen molar-refractivity contribution < 1.29 is 9.18 Å². The first-order valence-electron chi connectivity index (χ1n) is 6.26. The molecule has 1 aromatic carbocycles. The van der Waals surface area contributed by atoms with Crippen LogP contribution in [0.2, 0.25) is 0 Å². The van der Waals surface area contributed by atoms with Gasteiger partial charge in [-0.15, -0.1) is 0 Å². The molecule has 0 saturated heterocycles. The number of amides is 1. The molecule has 0 aliphatic rings. The average molecular weight is 282 g/mol. The van der Waals surface area contributed by atoms with E-state index in [-0.39, 0.29) is 11.7 Å². The predicted octanol–water partition coefficient (Wildman–Crippen LogP) is 2.66. The van der Waals surface area contributed by atoms with Crippen LogP contribution in [0, 0.1) is 5.82 Å². The van der Waals surface area contributed by atoms with Crippen LogP contribution in [0.5, 0.6) is 0 Å². The molecule has 0 atom stereocenters. The van der Waals surface area contributed by atoms with Crippen molar-refractivity contribution >= 4 is 11.6 Å². The lowest BCUT2D eigenvalue weighted by Gasteiger charge is -2.09. The number of benzene rings is 1. The molecule has 2 heterocycles. The second-order valence-electron chi connectivity index (χ2n) is 4.29. The minimum absolute atomic E-state index is 0.333. The van der Waals surface area contributed by atoms with Gasteiger partial charge < -0.3 is 5.32 Å². The Morgan fingerprint density at radius 3 is 2.62 bits per heavy atom. The predicted molar refractivity (Wildman–Crippen MR) is 75.7 cm³/mol. The van der Waals surface area contributed by atoms with Crippen molar-refractivity contribution in [2.45, 2.75) is 0 Å². The van der Waals surface area contributed by atoms with Crippen LogP contribution in [0.3, 0.4) is 0 Å². The van der Waals surface area contributed by atoms with Gasteiger partial charge >= 0.3 is 0 Å². The Hall–Kier alpha value is -3.02.